The topological polar surface area (TPSA) is 58.2 Å². The van der Waals surface area contributed by atoms with Crippen molar-refractivity contribution in [3.63, 3.8) is 0 Å². The van der Waals surface area contributed by atoms with Crippen molar-refractivity contribution >= 4 is 38.4 Å². The summed E-state index contributed by atoms with van der Waals surface area (Å²) in [5.74, 6) is 0.386. The Morgan fingerprint density at radius 3 is 2.75 bits per heavy atom. The van der Waals surface area contributed by atoms with Gasteiger partial charge in [0.1, 0.15) is 0 Å². The van der Waals surface area contributed by atoms with Crippen LogP contribution >= 0.6 is 28.3 Å². The van der Waals surface area contributed by atoms with Crippen molar-refractivity contribution in [3.8, 4) is 0 Å². The summed E-state index contributed by atoms with van der Waals surface area (Å²) < 4.78 is 27.9. The number of piperidine rings is 1. The van der Waals surface area contributed by atoms with Gasteiger partial charge >= 0.3 is 0 Å². The predicted molar refractivity (Wildman–Crippen MR) is 86.9 cm³/mol. The molecule has 0 radical (unpaired) electrons. The van der Waals surface area contributed by atoms with E-state index in [1.165, 1.54) is 0 Å². The van der Waals surface area contributed by atoms with Crippen LogP contribution < -0.4 is 10.0 Å². The van der Waals surface area contributed by atoms with Gasteiger partial charge in [0.05, 0.1) is 4.90 Å². The highest BCUT2D eigenvalue weighted by molar-refractivity contribution is 9.10. The molecule has 20 heavy (non-hydrogen) atoms. The second kappa shape index (κ2) is 7.75. The molecule has 1 aliphatic rings. The van der Waals surface area contributed by atoms with E-state index in [1.807, 2.05) is 13.0 Å². The van der Waals surface area contributed by atoms with Gasteiger partial charge in [-0.3, -0.25) is 0 Å². The molecule has 7 heteroatoms. The van der Waals surface area contributed by atoms with Crippen molar-refractivity contribution in [1.29, 1.82) is 0 Å². The van der Waals surface area contributed by atoms with Crippen molar-refractivity contribution in [2.45, 2.75) is 24.7 Å². The van der Waals surface area contributed by atoms with Crippen molar-refractivity contribution in [3.05, 3.63) is 28.2 Å². The molecule has 1 aromatic rings. The highest BCUT2D eigenvalue weighted by atomic mass is 79.9. The molecule has 1 fully saturated rings. The van der Waals surface area contributed by atoms with E-state index in [9.17, 15) is 8.42 Å². The summed E-state index contributed by atoms with van der Waals surface area (Å²) in [4.78, 5) is 0.322. The summed E-state index contributed by atoms with van der Waals surface area (Å²) >= 11 is 3.33. The number of sulfonamides is 1. The normalized spacial score (nSPS) is 19.4. The first-order valence-electron chi connectivity index (χ1n) is 6.45. The molecule has 1 unspecified atom stereocenters. The Balaban J connectivity index is 0.00000200. The third kappa shape index (κ3) is 5.00. The zero-order chi connectivity index (χ0) is 13.9. The molecule has 1 heterocycles. The van der Waals surface area contributed by atoms with E-state index in [0.29, 0.717) is 17.4 Å². The number of aryl methyl sites for hydroxylation is 1. The third-order valence-electron chi connectivity index (χ3n) is 3.29. The molecule has 1 aromatic carbocycles. The molecule has 4 nitrogen and oxygen atoms in total. The quantitative estimate of drug-likeness (QED) is 0.839. The number of nitrogens with one attached hydrogen (secondary N) is 2. The molecule has 1 atom stereocenters. The van der Waals surface area contributed by atoms with Crippen molar-refractivity contribution in [1.82, 2.24) is 10.0 Å². The molecule has 0 aliphatic carbocycles. The van der Waals surface area contributed by atoms with Crippen LogP contribution in [0.4, 0.5) is 0 Å². The number of halogens is 2. The number of hydrogen-bond acceptors (Lipinski definition) is 3. The van der Waals surface area contributed by atoms with Crippen LogP contribution in [-0.4, -0.2) is 28.1 Å². The highest BCUT2D eigenvalue weighted by Gasteiger charge is 2.19. The number of rotatable bonds is 4. The molecule has 0 amide bonds. The molecule has 114 valence electrons. The monoisotopic (exact) mass is 382 g/mol. The lowest BCUT2D eigenvalue weighted by atomic mass is 10.0. The molecule has 2 N–H and O–H groups in total. The summed E-state index contributed by atoms with van der Waals surface area (Å²) in [7, 11) is -3.41. The Morgan fingerprint density at radius 2 is 2.15 bits per heavy atom. The fraction of sp³-hybridized carbons (Fsp3) is 0.538. The summed E-state index contributed by atoms with van der Waals surface area (Å²) in [6.45, 7) is 4.31. The summed E-state index contributed by atoms with van der Waals surface area (Å²) in [5, 5.41) is 3.29. The Labute approximate surface area is 135 Å². The minimum atomic E-state index is -3.41. The van der Waals surface area contributed by atoms with E-state index >= 15 is 0 Å². The van der Waals surface area contributed by atoms with Gasteiger partial charge in [0.25, 0.3) is 0 Å². The summed E-state index contributed by atoms with van der Waals surface area (Å²) in [5.41, 5.74) is 0.925. The average Bonchev–Trinajstić information content (AvgIpc) is 2.37. The summed E-state index contributed by atoms with van der Waals surface area (Å²) in [6.07, 6.45) is 2.19. The standard InChI is InChI=1S/C13H19BrN2O2S.ClH/c1-10-5-12(14)7-13(6-10)19(17,18)16-9-11-3-2-4-15-8-11;/h5-7,11,15-16H,2-4,8-9H2,1H3;1H. The Morgan fingerprint density at radius 1 is 1.40 bits per heavy atom. The van der Waals surface area contributed by atoms with E-state index in [-0.39, 0.29) is 12.4 Å². The van der Waals surface area contributed by atoms with E-state index in [1.54, 1.807) is 12.1 Å². The molecule has 1 aliphatic heterocycles. The van der Waals surface area contributed by atoms with Gasteiger partial charge in [-0.2, -0.15) is 0 Å². The highest BCUT2D eigenvalue weighted by Crippen LogP contribution is 2.19. The SMILES string of the molecule is Cc1cc(Br)cc(S(=O)(=O)NCC2CCCNC2)c1.Cl. The smallest absolute Gasteiger partial charge is 0.240 e. The second-order valence-corrected chi connectivity index (χ2v) is 7.71. The van der Waals surface area contributed by atoms with Crippen molar-refractivity contribution < 1.29 is 8.42 Å². The maximum atomic E-state index is 12.2. The third-order valence-corrected chi connectivity index (χ3v) is 5.15. The van der Waals surface area contributed by atoms with Crippen LogP contribution in [-0.2, 0) is 10.0 Å². The Kier molecular flexibility index (Phi) is 6.94. The number of benzene rings is 1. The van der Waals surface area contributed by atoms with Gasteiger partial charge in [0.15, 0.2) is 0 Å². The molecule has 0 saturated carbocycles. The minimum Gasteiger partial charge on any atom is -0.316 e. The van der Waals surface area contributed by atoms with Gasteiger partial charge in [-0.25, -0.2) is 13.1 Å². The molecule has 0 bridgehead atoms. The number of hydrogen-bond donors (Lipinski definition) is 2. The van der Waals surface area contributed by atoms with E-state index in [2.05, 4.69) is 26.0 Å². The van der Waals surface area contributed by atoms with Crippen LogP contribution in [0.1, 0.15) is 18.4 Å². The predicted octanol–water partition coefficient (Wildman–Crippen LogP) is 2.46. The lowest BCUT2D eigenvalue weighted by Crippen LogP contribution is -2.38. The first-order valence-corrected chi connectivity index (χ1v) is 8.72. The van der Waals surface area contributed by atoms with Crippen molar-refractivity contribution in [2.75, 3.05) is 19.6 Å². The molecular formula is C13H20BrClN2O2S. The fourth-order valence-electron chi connectivity index (χ4n) is 2.27. The Hall–Kier alpha value is -0.140. The van der Waals surface area contributed by atoms with E-state index in [0.717, 1.165) is 36.0 Å². The van der Waals surface area contributed by atoms with Gasteiger partial charge < -0.3 is 5.32 Å². The van der Waals surface area contributed by atoms with Crippen LogP contribution in [0.15, 0.2) is 27.6 Å². The minimum absolute atomic E-state index is 0. The van der Waals surface area contributed by atoms with Crippen LogP contribution in [0.25, 0.3) is 0 Å². The summed E-state index contributed by atoms with van der Waals surface area (Å²) in [6, 6.07) is 5.21. The average molecular weight is 384 g/mol. The molecule has 0 spiro atoms. The second-order valence-electron chi connectivity index (χ2n) is 5.03. The lowest BCUT2D eigenvalue weighted by molar-refractivity contribution is 0.376. The maximum Gasteiger partial charge on any atom is 0.240 e. The van der Waals surface area contributed by atoms with Gasteiger partial charge in [-0.1, -0.05) is 15.9 Å². The fourth-order valence-corrected chi connectivity index (χ4v) is 4.27. The van der Waals surface area contributed by atoms with Crippen molar-refractivity contribution in [2.24, 2.45) is 5.92 Å². The molecule has 0 aromatic heterocycles. The van der Waals surface area contributed by atoms with Crippen LogP contribution in [0.2, 0.25) is 0 Å². The van der Waals surface area contributed by atoms with E-state index < -0.39 is 10.0 Å². The molecule has 1 saturated heterocycles. The van der Waals surface area contributed by atoms with Gasteiger partial charge in [0, 0.05) is 11.0 Å². The van der Waals surface area contributed by atoms with Crippen LogP contribution in [0.3, 0.4) is 0 Å². The largest absolute Gasteiger partial charge is 0.316 e. The van der Waals surface area contributed by atoms with Gasteiger partial charge in [-0.05, 0) is 62.5 Å². The molecular weight excluding hydrogens is 364 g/mol. The first-order chi connectivity index (χ1) is 8.97. The first kappa shape index (κ1) is 17.9. The molecule has 2 rings (SSSR count). The van der Waals surface area contributed by atoms with Crippen LogP contribution in [0.5, 0.6) is 0 Å². The van der Waals surface area contributed by atoms with Crippen LogP contribution in [0, 0.1) is 12.8 Å². The van der Waals surface area contributed by atoms with Gasteiger partial charge in [0.2, 0.25) is 10.0 Å². The maximum absolute atomic E-state index is 12.2. The van der Waals surface area contributed by atoms with E-state index in [4.69, 9.17) is 0 Å². The lowest BCUT2D eigenvalue weighted by Gasteiger charge is -2.22. The zero-order valence-electron chi connectivity index (χ0n) is 11.4. The Bertz CT molecular complexity index is 525. The zero-order valence-corrected chi connectivity index (χ0v) is 14.6. The van der Waals surface area contributed by atoms with Gasteiger partial charge in [-0.15, -0.1) is 12.4 Å².